The van der Waals surface area contributed by atoms with Crippen LogP contribution in [0.2, 0.25) is 0 Å². The van der Waals surface area contributed by atoms with Gasteiger partial charge in [-0.1, -0.05) is 18.2 Å². The van der Waals surface area contributed by atoms with Crippen molar-refractivity contribution in [3.05, 3.63) is 29.8 Å². The van der Waals surface area contributed by atoms with Gasteiger partial charge in [0, 0.05) is 12.7 Å². The molecule has 2 N–H and O–H groups in total. The van der Waals surface area contributed by atoms with E-state index in [1.807, 2.05) is 12.1 Å². The summed E-state index contributed by atoms with van der Waals surface area (Å²) in [5.74, 6) is -1.65. The molecule has 0 spiro atoms. The molecule has 2 rings (SSSR count). The number of amides is 2. The number of hydrogen-bond donors (Lipinski definition) is 2. The molecule has 0 aromatic heterocycles. The summed E-state index contributed by atoms with van der Waals surface area (Å²) in [4.78, 5) is 36.7. The molecule has 0 fully saturated rings. The Hall–Kier alpha value is -2.57. The van der Waals surface area contributed by atoms with Crippen molar-refractivity contribution >= 4 is 23.7 Å². The largest absolute Gasteiger partial charge is 0.480 e. The molecule has 0 aliphatic carbocycles. The van der Waals surface area contributed by atoms with Crippen LogP contribution in [-0.2, 0) is 16.0 Å². The van der Waals surface area contributed by atoms with E-state index >= 15 is 0 Å². The minimum absolute atomic E-state index is 0.328. The number of rotatable bonds is 3. The van der Waals surface area contributed by atoms with Gasteiger partial charge in [-0.2, -0.15) is 0 Å². The number of carbonyl (C=O) groups is 3. The highest BCUT2D eigenvalue weighted by Gasteiger charge is 2.35. The highest BCUT2D eigenvalue weighted by molar-refractivity contribution is 6.02. The number of fused-ring (bicyclic) bond motifs is 1. The molecule has 1 atom stereocenters. The van der Waals surface area contributed by atoms with Crippen LogP contribution in [0, 0.1) is 0 Å². The predicted octanol–water partition coefficient (Wildman–Crippen LogP) is 1.03. The van der Waals surface area contributed by atoms with Crippen molar-refractivity contribution in [3.8, 4) is 0 Å². The third-order valence-corrected chi connectivity index (χ3v) is 3.58. The minimum Gasteiger partial charge on any atom is -0.480 e. The Morgan fingerprint density at radius 1 is 1.33 bits per heavy atom. The standard InChI is InChI=1S/C14H16N2O5/c1-15(14(20)21)11-7-6-9-4-2-3-5-10(9)16(13(11)19)8-12(17)18/h2-5,11H,6-8H2,1H3,(H,17,18)(H,20,21). The lowest BCUT2D eigenvalue weighted by molar-refractivity contribution is -0.137. The Bertz CT molecular complexity index is 586. The van der Waals surface area contributed by atoms with Crippen molar-refractivity contribution < 1.29 is 24.6 Å². The first-order valence-corrected chi connectivity index (χ1v) is 6.48. The molecule has 0 bridgehead atoms. The number of hydrogen-bond acceptors (Lipinski definition) is 3. The first-order valence-electron chi connectivity index (χ1n) is 6.48. The van der Waals surface area contributed by atoms with Crippen LogP contribution in [-0.4, -0.2) is 52.7 Å². The number of carboxylic acid groups (broad SMARTS) is 2. The van der Waals surface area contributed by atoms with Crippen LogP contribution in [0.1, 0.15) is 12.0 Å². The number of aryl methyl sites for hydroxylation is 1. The average Bonchev–Trinajstić information content (AvgIpc) is 2.56. The van der Waals surface area contributed by atoms with Crippen LogP contribution >= 0.6 is 0 Å². The van der Waals surface area contributed by atoms with E-state index in [1.165, 1.54) is 7.05 Å². The third kappa shape index (κ3) is 2.96. The number of para-hydroxylation sites is 1. The van der Waals surface area contributed by atoms with Gasteiger partial charge in [0.05, 0.1) is 0 Å². The first kappa shape index (κ1) is 14.8. The number of benzene rings is 1. The monoisotopic (exact) mass is 292 g/mol. The molecule has 1 aromatic rings. The van der Waals surface area contributed by atoms with Gasteiger partial charge in [0.1, 0.15) is 12.6 Å². The molecule has 112 valence electrons. The molecule has 0 radical (unpaired) electrons. The SMILES string of the molecule is CN(C(=O)O)C1CCc2ccccc2N(CC(=O)O)C1=O. The maximum absolute atomic E-state index is 12.5. The van der Waals surface area contributed by atoms with Crippen LogP contribution in [0.25, 0.3) is 0 Å². The van der Waals surface area contributed by atoms with Gasteiger partial charge in [0.15, 0.2) is 0 Å². The summed E-state index contributed by atoms with van der Waals surface area (Å²) in [6.45, 7) is -0.486. The van der Waals surface area contributed by atoms with E-state index in [9.17, 15) is 14.4 Å². The Labute approximate surface area is 121 Å². The molecule has 0 saturated heterocycles. The molecule has 1 aromatic carbocycles. The summed E-state index contributed by atoms with van der Waals surface area (Å²) < 4.78 is 0. The van der Waals surface area contributed by atoms with E-state index in [0.29, 0.717) is 18.5 Å². The number of aliphatic carboxylic acids is 1. The van der Waals surface area contributed by atoms with E-state index in [0.717, 1.165) is 15.4 Å². The second-order valence-corrected chi connectivity index (χ2v) is 4.89. The van der Waals surface area contributed by atoms with E-state index in [2.05, 4.69) is 0 Å². The molecule has 1 heterocycles. The van der Waals surface area contributed by atoms with Crippen LogP contribution < -0.4 is 4.90 Å². The van der Waals surface area contributed by atoms with Gasteiger partial charge in [-0.25, -0.2) is 4.79 Å². The average molecular weight is 292 g/mol. The minimum atomic E-state index is -1.21. The lowest BCUT2D eigenvalue weighted by atomic mass is 10.1. The quantitative estimate of drug-likeness (QED) is 0.867. The molecule has 7 nitrogen and oxygen atoms in total. The summed E-state index contributed by atoms with van der Waals surface area (Å²) in [5, 5.41) is 18.1. The van der Waals surface area contributed by atoms with Crippen LogP contribution in [0.4, 0.5) is 10.5 Å². The Morgan fingerprint density at radius 2 is 2.00 bits per heavy atom. The number of nitrogens with zero attached hydrogens (tertiary/aromatic N) is 2. The fraction of sp³-hybridized carbons (Fsp3) is 0.357. The van der Waals surface area contributed by atoms with Gasteiger partial charge in [-0.05, 0) is 24.5 Å². The van der Waals surface area contributed by atoms with Crippen molar-refractivity contribution in [3.63, 3.8) is 0 Å². The van der Waals surface area contributed by atoms with Crippen molar-refractivity contribution in [2.45, 2.75) is 18.9 Å². The van der Waals surface area contributed by atoms with Crippen molar-refractivity contribution in [1.82, 2.24) is 4.90 Å². The zero-order chi connectivity index (χ0) is 15.6. The lowest BCUT2D eigenvalue weighted by Gasteiger charge is -2.28. The molecule has 0 saturated carbocycles. The number of carbonyl (C=O) groups excluding carboxylic acids is 1. The van der Waals surface area contributed by atoms with Gasteiger partial charge in [0.25, 0.3) is 0 Å². The molecule has 1 aliphatic rings. The van der Waals surface area contributed by atoms with Crippen molar-refractivity contribution in [2.24, 2.45) is 0 Å². The van der Waals surface area contributed by atoms with Crippen LogP contribution in [0.3, 0.4) is 0 Å². The van der Waals surface area contributed by atoms with E-state index < -0.39 is 30.6 Å². The molecule has 1 aliphatic heterocycles. The zero-order valence-electron chi connectivity index (χ0n) is 11.5. The Balaban J connectivity index is 2.42. The number of anilines is 1. The molecule has 2 amide bonds. The van der Waals surface area contributed by atoms with E-state index in [1.54, 1.807) is 12.1 Å². The molecule has 7 heteroatoms. The van der Waals surface area contributed by atoms with Gasteiger partial charge in [0.2, 0.25) is 5.91 Å². The highest BCUT2D eigenvalue weighted by atomic mass is 16.4. The summed E-state index contributed by atoms with van der Waals surface area (Å²) in [6.07, 6.45) is -0.371. The predicted molar refractivity (Wildman–Crippen MR) is 74.3 cm³/mol. The second kappa shape index (κ2) is 5.82. The summed E-state index contributed by atoms with van der Waals surface area (Å²) in [5.41, 5.74) is 1.37. The maximum Gasteiger partial charge on any atom is 0.407 e. The van der Waals surface area contributed by atoms with Crippen molar-refractivity contribution in [2.75, 3.05) is 18.5 Å². The topological polar surface area (TPSA) is 98.2 Å². The number of carboxylic acids is 1. The number of likely N-dealkylation sites (N-methyl/N-ethyl adjacent to an activating group) is 1. The fourth-order valence-corrected chi connectivity index (χ4v) is 2.49. The molecular formula is C14H16N2O5. The van der Waals surface area contributed by atoms with Gasteiger partial charge in [-0.15, -0.1) is 0 Å². The third-order valence-electron chi connectivity index (χ3n) is 3.58. The fourth-order valence-electron chi connectivity index (χ4n) is 2.49. The van der Waals surface area contributed by atoms with Crippen LogP contribution in [0.5, 0.6) is 0 Å². The van der Waals surface area contributed by atoms with Gasteiger partial charge in [-0.3, -0.25) is 19.4 Å². The summed E-state index contributed by atoms with van der Waals surface area (Å²) in [7, 11) is 1.32. The van der Waals surface area contributed by atoms with Crippen LogP contribution in [0.15, 0.2) is 24.3 Å². The molecular weight excluding hydrogens is 276 g/mol. The highest BCUT2D eigenvalue weighted by Crippen LogP contribution is 2.28. The summed E-state index contributed by atoms with van der Waals surface area (Å²) in [6, 6.07) is 6.15. The van der Waals surface area contributed by atoms with E-state index in [-0.39, 0.29) is 0 Å². The van der Waals surface area contributed by atoms with Gasteiger partial charge >= 0.3 is 12.1 Å². The van der Waals surface area contributed by atoms with E-state index in [4.69, 9.17) is 10.2 Å². The zero-order valence-corrected chi connectivity index (χ0v) is 11.5. The van der Waals surface area contributed by atoms with Crippen molar-refractivity contribution in [1.29, 1.82) is 0 Å². The second-order valence-electron chi connectivity index (χ2n) is 4.89. The molecule has 1 unspecified atom stereocenters. The smallest absolute Gasteiger partial charge is 0.407 e. The maximum atomic E-state index is 12.5. The first-order chi connectivity index (χ1) is 9.91. The Kier molecular flexibility index (Phi) is 4.11. The van der Waals surface area contributed by atoms with Gasteiger partial charge < -0.3 is 10.2 Å². The summed E-state index contributed by atoms with van der Waals surface area (Å²) >= 11 is 0. The normalized spacial score (nSPS) is 17.9. The lowest BCUT2D eigenvalue weighted by Crippen LogP contribution is -2.49. The molecule has 21 heavy (non-hydrogen) atoms. The Morgan fingerprint density at radius 3 is 2.62 bits per heavy atom.